The third-order valence-electron chi connectivity index (χ3n) is 3.89. The van der Waals surface area contributed by atoms with Crippen molar-refractivity contribution in [1.82, 2.24) is 9.55 Å². The highest BCUT2D eigenvalue weighted by atomic mass is 16.2. The summed E-state index contributed by atoms with van der Waals surface area (Å²) < 4.78 is 1.30. The van der Waals surface area contributed by atoms with Crippen LogP contribution in [-0.2, 0) is 17.8 Å². The van der Waals surface area contributed by atoms with Gasteiger partial charge in [-0.15, -0.1) is 0 Å². The molecule has 1 N–H and O–H groups in total. The number of hydrogen-bond donors (Lipinski definition) is 1. The van der Waals surface area contributed by atoms with E-state index in [1.54, 1.807) is 0 Å². The molecule has 0 unspecified atom stereocenters. The standard InChI is InChI=1S/C18H24N4O2/c1-4-14-11-18(24)22(13-19-14)12-17(23)20-15-7-9-16(10-8-15)21(5-2)6-3/h7-11,13H,4-6,12H2,1-3H3,(H,20,23). The van der Waals surface area contributed by atoms with Gasteiger partial charge in [-0.25, -0.2) is 4.98 Å². The Kier molecular flexibility index (Phi) is 6.12. The second-order valence-corrected chi connectivity index (χ2v) is 5.47. The van der Waals surface area contributed by atoms with Crippen LogP contribution in [0.4, 0.5) is 11.4 Å². The maximum Gasteiger partial charge on any atom is 0.253 e. The minimum atomic E-state index is -0.251. The van der Waals surface area contributed by atoms with Crippen LogP contribution in [0.5, 0.6) is 0 Å². The fourth-order valence-corrected chi connectivity index (χ4v) is 2.48. The van der Waals surface area contributed by atoms with Crippen molar-refractivity contribution in [2.45, 2.75) is 33.7 Å². The second-order valence-electron chi connectivity index (χ2n) is 5.47. The Labute approximate surface area is 142 Å². The minimum absolute atomic E-state index is 0.0480. The first-order valence-electron chi connectivity index (χ1n) is 8.27. The Morgan fingerprint density at radius 3 is 2.38 bits per heavy atom. The van der Waals surface area contributed by atoms with Gasteiger partial charge in [0.2, 0.25) is 5.91 Å². The van der Waals surface area contributed by atoms with Crippen LogP contribution in [0.3, 0.4) is 0 Å². The largest absolute Gasteiger partial charge is 0.372 e. The lowest BCUT2D eigenvalue weighted by molar-refractivity contribution is -0.116. The van der Waals surface area contributed by atoms with E-state index in [9.17, 15) is 9.59 Å². The van der Waals surface area contributed by atoms with E-state index < -0.39 is 0 Å². The highest BCUT2D eigenvalue weighted by Gasteiger charge is 2.07. The molecule has 0 spiro atoms. The number of nitrogens with zero attached hydrogens (tertiary/aromatic N) is 3. The van der Waals surface area contributed by atoms with Crippen LogP contribution in [0.15, 0.2) is 41.5 Å². The molecule has 0 aliphatic carbocycles. The Morgan fingerprint density at radius 1 is 1.17 bits per heavy atom. The summed E-state index contributed by atoms with van der Waals surface area (Å²) in [5.74, 6) is -0.251. The van der Waals surface area contributed by atoms with Gasteiger partial charge in [0.05, 0.1) is 6.33 Å². The highest BCUT2D eigenvalue weighted by molar-refractivity contribution is 5.90. The van der Waals surface area contributed by atoms with E-state index in [0.717, 1.165) is 24.5 Å². The normalized spacial score (nSPS) is 10.5. The van der Waals surface area contributed by atoms with E-state index in [0.29, 0.717) is 12.1 Å². The monoisotopic (exact) mass is 328 g/mol. The number of carbonyl (C=O) groups excluding carboxylic acids is 1. The van der Waals surface area contributed by atoms with E-state index in [1.165, 1.54) is 17.0 Å². The molecule has 0 atom stereocenters. The topological polar surface area (TPSA) is 67.2 Å². The quantitative estimate of drug-likeness (QED) is 0.847. The third-order valence-corrected chi connectivity index (χ3v) is 3.89. The van der Waals surface area contributed by atoms with Gasteiger partial charge < -0.3 is 10.2 Å². The van der Waals surface area contributed by atoms with Gasteiger partial charge in [-0.3, -0.25) is 14.2 Å². The summed E-state index contributed by atoms with van der Waals surface area (Å²) in [4.78, 5) is 30.4. The number of aryl methyl sites for hydroxylation is 1. The summed E-state index contributed by atoms with van der Waals surface area (Å²) in [7, 11) is 0. The zero-order chi connectivity index (χ0) is 17.5. The highest BCUT2D eigenvalue weighted by Crippen LogP contribution is 2.17. The lowest BCUT2D eigenvalue weighted by atomic mass is 10.2. The first-order valence-corrected chi connectivity index (χ1v) is 8.27. The average Bonchev–Trinajstić information content (AvgIpc) is 2.59. The van der Waals surface area contributed by atoms with Crippen molar-refractivity contribution in [3.05, 3.63) is 52.7 Å². The summed E-state index contributed by atoms with van der Waals surface area (Å²) in [6.45, 7) is 7.97. The van der Waals surface area contributed by atoms with Gasteiger partial charge in [-0.2, -0.15) is 0 Å². The molecule has 1 aromatic carbocycles. The molecular weight excluding hydrogens is 304 g/mol. The van der Waals surface area contributed by atoms with Crippen LogP contribution < -0.4 is 15.8 Å². The molecule has 24 heavy (non-hydrogen) atoms. The zero-order valence-corrected chi connectivity index (χ0v) is 14.5. The molecule has 0 aliphatic heterocycles. The first kappa shape index (κ1) is 17.7. The number of rotatable bonds is 7. The van der Waals surface area contributed by atoms with Gasteiger partial charge in [0, 0.05) is 36.2 Å². The lowest BCUT2D eigenvalue weighted by Gasteiger charge is -2.21. The number of benzene rings is 1. The maximum atomic E-state index is 12.1. The maximum absolute atomic E-state index is 12.1. The van der Waals surface area contributed by atoms with Gasteiger partial charge in [0.15, 0.2) is 0 Å². The van der Waals surface area contributed by atoms with Gasteiger partial charge in [0.25, 0.3) is 5.56 Å². The number of carbonyl (C=O) groups is 1. The Balaban J connectivity index is 2.01. The molecule has 6 nitrogen and oxygen atoms in total. The Bertz CT molecular complexity index is 733. The number of aromatic nitrogens is 2. The molecule has 2 aromatic rings. The summed E-state index contributed by atoms with van der Waals surface area (Å²) in [6, 6.07) is 9.16. The number of nitrogens with one attached hydrogen (secondary N) is 1. The predicted octanol–water partition coefficient (Wildman–Crippen LogP) is 2.29. The van der Waals surface area contributed by atoms with Crippen molar-refractivity contribution in [2.75, 3.05) is 23.3 Å². The van der Waals surface area contributed by atoms with Gasteiger partial charge in [0.1, 0.15) is 6.54 Å². The predicted molar refractivity (Wildman–Crippen MR) is 96.5 cm³/mol. The number of hydrogen-bond acceptors (Lipinski definition) is 4. The van der Waals surface area contributed by atoms with E-state index >= 15 is 0 Å². The molecule has 6 heteroatoms. The number of anilines is 2. The van der Waals surface area contributed by atoms with Gasteiger partial charge in [-0.1, -0.05) is 6.92 Å². The molecule has 0 saturated carbocycles. The van der Waals surface area contributed by atoms with Crippen LogP contribution in [-0.4, -0.2) is 28.5 Å². The SMILES string of the molecule is CCc1cc(=O)n(CC(=O)Nc2ccc(N(CC)CC)cc2)cn1. The fraction of sp³-hybridized carbons (Fsp3) is 0.389. The van der Waals surface area contributed by atoms with Crippen molar-refractivity contribution >= 4 is 17.3 Å². The Hall–Kier alpha value is -2.63. The smallest absolute Gasteiger partial charge is 0.253 e. The molecule has 0 radical (unpaired) electrons. The summed E-state index contributed by atoms with van der Waals surface area (Å²) in [5, 5.41) is 2.80. The molecular formula is C18H24N4O2. The Morgan fingerprint density at radius 2 is 1.83 bits per heavy atom. The summed E-state index contributed by atoms with van der Waals surface area (Å²) >= 11 is 0. The average molecular weight is 328 g/mol. The van der Waals surface area contributed by atoms with E-state index in [2.05, 4.69) is 29.0 Å². The van der Waals surface area contributed by atoms with Crippen LogP contribution in [0.1, 0.15) is 26.5 Å². The van der Waals surface area contributed by atoms with E-state index in [1.807, 2.05) is 31.2 Å². The molecule has 0 fully saturated rings. The van der Waals surface area contributed by atoms with E-state index in [-0.39, 0.29) is 18.0 Å². The molecule has 2 rings (SSSR count). The summed E-state index contributed by atoms with van der Waals surface area (Å²) in [6.07, 6.45) is 2.12. The minimum Gasteiger partial charge on any atom is -0.372 e. The van der Waals surface area contributed by atoms with Crippen LogP contribution in [0.2, 0.25) is 0 Å². The third kappa shape index (κ3) is 4.44. The van der Waals surface area contributed by atoms with Crippen molar-refractivity contribution in [3.8, 4) is 0 Å². The summed E-state index contributed by atoms with van der Waals surface area (Å²) in [5.41, 5.74) is 2.34. The number of amides is 1. The van der Waals surface area contributed by atoms with Crippen molar-refractivity contribution < 1.29 is 4.79 Å². The van der Waals surface area contributed by atoms with Gasteiger partial charge in [-0.05, 0) is 44.5 Å². The van der Waals surface area contributed by atoms with E-state index in [4.69, 9.17) is 0 Å². The van der Waals surface area contributed by atoms with Crippen molar-refractivity contribution in [1.29, 1.82) is 0 Å². The van der Waals surface area contributed by atoms with Crippen molar-refractivity contribution in [2.24, 2.45) is 0 Å². The molecule has 0 saturated heterocycles. The second kappa shape index (κ2) is 8.29. The lowest BCUT2D eigenvalue weighted by Crippen LogP contribution is -2.27. The van der Waals surface area contributed by atoms with Gasteiger partial charge >= 0.3 is 0 Å². The van der Waals surface area contributed by atoms with Crippen LogP contribution in [0.25, 0.3) is 0 Å². The van der Waals surface area contributed by atoms with Crippen LogP contribution in [0, 0.1) is 0 Å². The molecule has 1 heterocycles. The molecule has 0 aliphatic rings. The first-order chi connectivity index (χ1) is 11.6. The molecule has 1 amide bonds. The molecule has 1 aromatic heterocycles. The zero-order valence-electron chi connectivity index (χ0n) is 14.5. The van der Waals surface area contributed by atoms with Crippen LogP contribution >= 0.6 is 0 Å². The molecule has 0 bridgehead atoms. The molecule has 128 valence electrons. The fourth-order valence-electron chi connectivity index (χ4n) is 2.48. The van der Waals surface area contributed by atoms with Crippen molar-refractivity contribution in [3.63, 3.8) is 0 Å².